The van der Waals surface area contributed by atoms with Crippen LogP contribution in [0.4, 0.5) is 20.6 Å². The van der Waals surface area contributed by atoms with Crippen molar-refractivity contribution in [1.82, 2.24) is 4.90 Å². The number of imide groups is 1. The zero-order chi connectivity index (χ0) is 22.2. The molecule has 12 heteroatoms. The van der Waals surface area contributed by atoms with Crippen molar-refractivity contribution in [3.63, 3.8) is 0 Å². The molecule has 0 radical (unpaired) electrons. The first-order valence-electron chi connectivity index (χ1n) is 8.24. The van der Waals surface area contributed by atoms with Crippen LogP contribution in [0.1, 0.15) is 0 Å². The second-order valence-corrected chi connectivity index (χ2v) is 9.65. The fourth-order valence-corrected chi connectivity index (χ4v) is 3.39. The second-order valence-electron chi connectivity index (χ2n) is 6.08. The van der Waals surface area contributed by atoms with Crippen LogP contribution in [-0.4, -0.2) is 39.7 Å². The highest BCUT2D eigenvalue weighted by Gasteiger charge is 2.44. The quantitative estimate of drug-likeness (QED) is 0.292. The van der Waals surface area contributed by atoms with Gasteiger partial charge in [0.25, 0.3) is 5.91 Å². The van der Waals surface area contributed by atoms with E-state index < -0.39 is 27.7 Å². The molecule has 0 bridgehead atoms. The van der Waals surface area contributed by atoms with Crippen molar-refractivity contribution < 1.29 is 14.0 Å². The number of anilines is 2. The summed E-state index contributed by atoms with van der Waals surface area (Å²) >= 11 is 27.0. The van der Waals surface area contributed by atoms with Crippen LogP contribution in [0.2, 0.25) is 5.02 Å². The van der Waals surface area contributed by atoms with E-state index in [0.29, 0.717) is 5.69 Å². The molecule has 30 heavy (non-hydrogen) atoms. The molecule has 2 aromatic carbocycles. The van der Waals surface area contributed by atoms with Gasteiger partial charge in [-0.15, -0.1) is 0 Å². The highest BCUT2D eigenvalue weighted by Crippen LogP contribution is 2.37. The standard InChI is InChI=1S/C18H12BrCl4FN4O2/c1-27-15(29)14(28(17(27)30)9-5-3-2-4-6-9)26-16(18(21,22)23)25-11-8-7-10(20)12(19)13(11)24/h2-8,16,25H,1H3. The first kappa shape index (κ1) is 23.1. The molecule has 3 rings (SSSR count). The summed E-state index contributed by atoms with van der Waals surface area (Å²) in [6, 6.07) is 10.5. The molecule has 1 atom stereocenters. The van der Waals surface area contributed by atoms with Crippen LogP contribution in [0, 0.1) is 5.82 Å². The number of carbonyl (C=O) groups excluding carboxylic acids is 2. The van der Waals surface area contributed by atoms with Crippen LogP contribution in [0.3, 0.4) is 0 Å². The number of hydrogen-bond acceptors (Lipinski definition) is 4. The van der Waals surface area contributed by atoms with Gasteiger partial charge in [-0.1, -0.05) is 64.6 Å². The number of para-hydroxylation sites is 1. The van der Waals surface area contributed by atoms with E-state index in [0.717, 1.165) is 9.80 Å². The van der Waals surface area contributed by atoms with Crippen molar-refractivity contribution in [2.24, 2.45) is 4.99 Å². The lowest BCUT2D eigenvalue weighted by atomic mass is 10.3. The molecule has 1 saturated heterocycles. The summed E-state index contributed by atoms with van der Waals surface area (Å²) in [5.74, 6) is -1.73. The molecule has 0 aromatic heterocycles. The minimum atomic E-state index is -2.10. The predicted molar refractivity (Wildman–Crippen MR) is 121 cm³/mol. The van der Waals surface area contributed by atoms with E-state index in [-0.39, 0.29) is 21.0 Å². The Kier molecular flexibility index (Phi) is 6.84. The third-order valence-corrected chi connectivity index (χ3v) is 6.03. The highest BCUT2D eigenvalue weighted by molar-refractivity contribution is 9.10. The largest absolute Gasteiger partial charge is 0.358 e. The van der Waals surface area contributed by atoms with Crippen molar-refractivity contribution in [2.75, 3.05) is 17.3 Å². The number of benzene rings is 2. The Labute approximate surface area is 199 Å². The molecule has 0 aliphatic carbocycles. The van der Waals surface area contributed by atoms with Crippen LogP contribution in [0.5, 0.6) is 0 Å². The molecule has 1 aliphatic heterocycles. The number of rotatable bonds is 4. The monoisotopic (exact) mass is 554 g/mol. The van der Waals surface area contributed by atoms with Gasteiger partial charge in [-0.3, -0.25) is 9.69 Å². The molecule has 1 unspecified atom stereocenters. The molecular weight excluding hydrogens is 545 g/mol. The van der Waals surface area contributed by atoms with E-state index in [9.17, 15) is 14.0 Å². The van der Waals surface area contributed by atoms with Gasteiger partial charge in [0.15, 0.2) is 12.0 Å². The van der Waals surface area contributed by atoms with E-state index in [1.54, 1.807) is 30.3 Å². The number of hydrogen-bond donors (Lipinski definition) is 1. The number of nitrogens with one attached hydrogen (secondary N) is 1. The molecular formula is C18H12BrCl4FN4O2. The lowest BCUT2D eigenvalue weighted by molar-refractivity contribution is -0.119. The van der Waals surface area contributed by atoms with Gasteiger partial charge < -0.3 is 5.32 Å². The van der Waals surface area contributed by atoms with Gasteiger partial charge >= 0.3 is 6.03 Å². The summed E-state index contributed by atoms with van der Waals surface area (Å²) in [5.41, 5.74) is 0.311. The van der Waals surface area contributed by atoms with E-state index in [1.165, 1.54) is 19.2 Å². The Balaban J connectivity index is 2.07. The number of alkyl halides is 3. The number of likely N-dealkylation sites (N-methyl/N-ethyl adjacent to an activating group) is 1. The third-order valence-electron chi connectivity index (χ3n) is 4.09. The van der Waals surface area contributed by atoms with E-state index >= 15 is 0 Å². The normalized spacial score (nSPS) is 17.1. The van der Waals surface area contributed by atoms with Gasteiger partial charge in [0.1, 0.15) is 0 Å². The van der Waals surface area contributed by atoms with Crippen LogP contribution in [-0.2, 0) is 4.79 Å². The summed E-state index contributed by atoms with van der Waals surface area (Å²) in [5, 5.41) is 2.79. The molecule has 1 aliphatic rings. The molecule has 158 valence electrons. The number of halogens is 6. The van der Waals surface area contributed by atoms with Gasteiger partial charge in [-0.2, -0.15) is 0 Å². The van der Waals surface area contributed by atoms with E-state index in [1.807, 2.05) is 0 Å². The van der Waals surface area contributed by atoms with Gasteiger partial charge in [-0.25, -0.2) is 19.1 Å². The number of aliphatic imine (C=N–C) groups is 1. The number of urea groups is 1. The molecule has 1 heterocycles. The minimum Gasteiger partial charge on any atom is -0.358 e. The Hall–Kier alpha value is -1.58. The van der Waals surface area contributed by atoms with E-state index in [4.69, 9.17) is 46.4 Å². The molecule has 2 aromatic rings. The van der Waals surface area contributed by atoms with Crippen LogP contribution < -0.4 is 10.2 Å². The Morgan fingerprint density at radius 3 is 2.37 bits per heavy atom. The van der Waals surface area contributed by atoms with Crippen LogP contribution >= 0.6 is 62.3 Å². The molecule has 6 nitrogen and oxygen atoms in total. The Morgan fingerprint density at radius 1 is 1.13 bits per heavy atom. The average molecular weight is 557 g/mol. The third kappa shape index (κ3) is 4.53. The van der Waals surface area contributed by atoms with Gasteiger partial charge in [0.05, 0.1) is 20.9 Å². The van der Waals surface area contributed by atoms with E-state index in [2.05, 4.69) is 26.2 Å². The lowest BCUT2D eigenvalue weighted by Gasteiger charge is -2.25. The van der Waals surface area contributed by atoms with Gasteiger partial charge in [0.2, 0.25) is 9.63 Å². The molecule has 0 saturated carbocycles. The van der Waals surface area contributed by atoms with Crippen molar-refractivity contribution in [1.29, 1.82) is 0 Å². The Bertz CT molecular complexity index is 1030. The van der Waals surface area contributed by atoms with Crippen molar-refractivity contribution in [2.45, 2.75) is 9.96 Å². The van der Waals surface area contributed by atoms with Crippen molar-refractivity contribution >= 4 is 91.5 Å². The van der Waals surface area contributed by atoms with Gasteiger partial charge in [0, 0.05) is 7.05 Å². The topological polar surface area (TPSA) is 65.0 Å². The summed E-state index contributed by atoms with van der Waals surface area (Å²) in [6.45, 7) is 0. The smallest absolute Gasteiger partial charge is 0.337 e. The van der Waals surface area contributed by atoms with Crippen LogP contribution in [0.25, 0.3) is 0 Å². The maximum absolute atomic E-state index is 14.6. The summed E-state index contributed by atoms with van der Waals surface area (Å²) in [7, 11) is 1.30. The predicted octanol–water partition coefficient (Wildman–Crippen LogP) is 5.85. The number of nitrogens with zero attached hydrogens (tertiary/aromatic N) is 3. The first-order valence-corrected chi connectivity index (χ1v) is 10.5. The molecule has 0 spiro atoms. The second kappa shape index (κ2) is 8.88. The van der Waals surface area contributed by atoms with Gasteiger partial charge in [-0.05, 0) is 40.2 Å². The summed E-state index contributed by atoms with van der Waals surface area (Å²) in [6.07, 6.45) is -1.42. The lowest BCUT2D eigenvalue weighted by Crippen LogP contribution is -2.38. The maximum Gasteiger partial charge on any atom is 0.337 e. The average Bonchev–Trinajstić information content (AvgIpc) is 2.91. The highest BCUT2D eigenvalue weighted by atomic mass is 79.9. The first-order chi connectivity index (χ1) is 14.0. The molecule has 1 fully saturated rings. The molecule has 3 amide bonds. The maximum atomic E-state index is 14.6. The SMILES string of the molecule is CN1C(=O)C(=NC(Nc2ccc(Cl)c(Br)c2F)C(Cl)(Cl)Cl)N(c2ccccc2)C1=O. The number of carbonyl (C=O) groups is 2. The van der Waals surface area contributed by atoms with Crippen molar-refractivity contribution in [3.8, 4) is 0 Å². The fourth-order valence-electron chi connectivity index (χ4n) is 2.59. The minimum absolute atomic E-state index is 0.00246. The number of amidine groups is 1. The summed E-state index contributed by atoms with van der Waals surface area (Å²) in [4.78, 5) is 31.4. The molecule has 1 N–H and O–H groups in total. The summed E-state index contributed by atoms with van der Waals surface area (Å²) < 4.78 is 12.5. The zero-order valence-electron chi connectivity index (χ0n) is 15.0. The van der Waals surface area contributed by atoms with Crippen LogP contribution in [0.15, 0.2) is 51.9 Å². The van der Waals surface area contributed by atoms with Crippen molar-refractivity contribution in [3.05, 3.63) is 57.8 Å². The number of amides is 3. The Morgan fingerprint density at radius 2 is 1.77 bits per heavy atom. The fraction of sp³-hybridized carbons (Fsp3) is 0.167. The zero-order valence-corrected chi connectivity index (χ0v) is 19.7.